The number of benzene rings is 3. The molecule has 0 heterocycles. The summed E-state index contributed by atoms with van der Waals surface area (Å²) in [5, 5.41) is 4.94. The number of amides is 1. The smallest absolute Gasteiger partial charge is 0.339 e. The van der Waals surface area contributed by atoms with Gasteiger partial charge >= 0.3 is 5.97 Å². The molecule has 1 aliphatic rings. The largest absolute Gasteiger partial charge is 0.449 e. The monoisotopic (exact) mass is 373 g/mol. The molecule has 0 spiro atoms. The second-order valence-electron chi connectivity index (χ2n) is 7.42. The fourth-order valence-electron chi connectivity index (χ4n) is 3.94. The Morgan fingerprint density at radius 3 is 2.29 bits per heavy atom. The minimum atomic E-state index is -0.894. The maximum atomic E-state index is 12.8. The third-order valence-electron chi connectivity index (χ3n) is 5.48. The van der Waals surface area contributed by atoms with Crippen molar-refractivity contribution in [3.63, 3.8) is 0 Å². The number of carbonyl (C=O) groups excluding carboxylic acids is 2. The first-order valence-corrected chi connectivity index (χ1v) is 9.57. The fraction of sp³-hybridized carbons (Fsp3) is 0.250. The molecule has 0 saturated heterocycles. The van der Waals surface area contributed by atoms with Crippen LogP contribution in [0, 0.1) is 13.8 Å². The van der Waals surface area contributed by atoms with E-state index in [9.17, 15) is 9.59 Å². The Morgan fingerprint density at radius 2 is 1.57 bits per heavy atom. The van der Waals surface area contributed by atoms with E-state index in [1.54, 1.807) is 6.92 Å². The van der Waals surface area contributed by atoms with Crippen LogP contribution in [-0.4, -0.2) is 18.0 Å². The molecule has 0 aromatic heterocycles. The van der Waals surface area contributed by atoms with Gasteiger partial charge in [0.1, 0.15) is 0 Å². The van der Waals surface area contributed by atoms with E-state index in [2.05, 4.69) is 11.4 Å². The predicted molar refractivity (Wildman–Crippen MR) is 111 cm³/mol. The van der Waals surface area contributed by atoms with Gasteiger partial charge in [-0.1, -0.05) is 42.5 Å². The normalized spacial score (nSPS) is 13.4. The lowest BCUT2D eigenvalue weighted by Crippen LogP contribution is -2.30. The molecule has 0 aliphatic heterocycles. The SMILES string of the molecule is Cc1cccc(C)c1NC(=O)C(C)OC(=O)c1ccc2c3c(cccc13)CC2. The zero-order chi connectivity index (χ0) is 19.8. The number of hydrogen-bond acceptors (Lipinski definition) is 3. The average Bonchev–Trinajstić information content (AvgIpc) is 3.10. The van der Waals surface area contributed by atoms with E-state index in [0.29, 0.717) is 5.56 Å². The highest BCUT2D eigenvalue weighted by Crippen LogP contribution is 2.33. The molecular weight excluding hydrogens is 350 g/mol. The van der Waals surface area contributed by atoms with Gasteiger partial charge < -0.3 is 10.1 Å². The van der Waals surface area contributed by atoms with E-state index in [4.69, 9.17) is 4.74 Å². The lowest BCUT2D eigenvalue weighted by atomic mass is 10.00. The molecule has 4 heteroatoms. The van der Waals surface area contributed by atoms with Crippen LogP contribution in [0.4, 0.5) is 5.69 Å². The molecule has 4 nitrogen and oxygen atoms in total. The van der Waals surface area contributed by atoms with Crippen molar-refractivity contribution >= 4 is 28.3 Å². The van der Waals surface area contributed by atoms with E-state index in [-0.39, 0.29) is 5.91 Å². The minimum Gasteiger partial charge on any atom is -0.449 e. The predicted octanol–water partition coefficient (Wildman–Crippen LogP) is 4.74. The number of para-hydroxylation sites is 1. The summed E-state index contributed by atoms with van der Waals surface area (Å²) >= 11 is 0. The zero-order valence-electron chi connectivity index (χ0n) is 16.3. The second-order valence-corrected chi connectivity index (χ2v) is 7.42. The molecule has 4 rings (SSSR count). The number of nitrogens with one attached hydrogen (secondary N) is 1. The molecular formula is C24H23NO3. The number of esters is 1. The summed E-state index contributed by atoms with van der Waals surface area (Å²) in [7, 11) is 0. The van der Waals surface area contributed by atoms with Gasteiger partial charge in [0, 0.05) is 5.69 Å². The lowest BCUT2D eigenvalue weighted by molar-refractivity contribution is -0.123. The number of hydrogen-bond donors (Lipinski definition) is 1. The van der Waals surface area contributed by atoms with Crippen molar-refractivity contribution in [3.05, 3.63) is 76.3 Å². The summed E-state index contributed by atoms with van der Waals surface area (Å²) in [5.41, 5.74) is 5.75. The highest BCUT2D eigenvalue weighted by molar-refractivity contribution is 6.08. The van der Waals surface area contributed by atoms with Gasteiger partial charge in [-0.15, -0.1) is 0 Å². The van der Waals surface area contributed by atoms with Crippen LogP contribution in [0.3, 0.4) is 0 Å². The van der Waals surface area contributed by atoms with Gasteiger partial charge in [-0.3, -0.25) is 4.79 Å². The highest BCUT2D eigenvalue weighted by atomic mass is 16.5. The summed E-state index contributed by atoms with van der Waals surface area (Å²) in [6, 6.07) is 15.7. The first-order valence-electron chi connectivity index (χ1n) is 9.57. The van der Waals surface area contributed by atoms with Gasteiger partial charge in [-0.25, -0.2) is 4.79 Å². The van der Waals surface area contributed by atoms with Crippen molar-refractivity contribution in [3.8, 4) is 0 Å². The molecule has 1 aliphatic carbocycles. The lowest BCUT2D eigenvalue weighted by Gasteiger charge is -2.17. The van der Waals surface area contributed by atoms with Gasteiger partial charge in [0.15, 0.2) is 6.10 Å². The minimum absolute atomic E-state index is 0.336. The zero-order valence-corrected chi connectivity index (χ0v) is 16.3. The van der Waals surface area contributed by atoms with E-state index >= 15 is 0 Å². The van der Waals surface area contributed by atoms with Crippen molar-refractivity contribution in [1.29, 1.82) is 0 Å². The fourth-order valence-corrected chi connectivity index (χ4v) is 3.94. The van der Waals surface area contributed by atoms with Crippen LogP contribution in [0.25, 0.3) is 10.8 Å². The van der Waals surface area contributed by atoms with E-state index in [0.717, 1.165) is 40.4 Å². The Labute approximate surface area is 164 Å². The highest BCUT2D eigenvalue weighted by Gasteiger charge is 2.23. The van der Waals surface area contributed by atoms with Crippen LogP contribution in [0.1, 0.15) is 39.5 Å². The van der Waals surface area contributed by atoms with Crippen LogP contribution < -0.4 is 5.32 Å². The Balaban J connectivity index is 1.54. The number of rotatable bonds is 4. The molecule has 3 aromatic carbocycles. The van der Waals surface area contributed by atoms with Gasteiger partial charge in [0.2, 0.25) is 0 Å². The third kappa shape index (κ3) is 3.15. The van der Waals surface area contributed by atoms with Crippen molar-refractivity contribution in [2.75, 3.05) is 5.32 Å². The van der Waals surface area contributed by atoms with Crippen molar-refractivity contribution in [2.24, 2.45) is 0 Å². The van der Waals surface area contributed by atoms with Crippen molar-refractivity contribution < 1.29 is 14.3 Å². The maximum Gasteiger partial charge on any atom is 0.339 e. The van der Waals surface area contributed by atoms with Gasteiger partial charge in [0.25, 0.3) is 5.91 Å². The van der Waals surface area contributed by atoms with Gasteiger partial charge in [-0.2, -0.15) is 0 Å². The quantitative estimate of drug-likeness (QED) is 0.672. The molecule has 1 N–H and O–H groups in total. The van der Waals surface area contributed by atoms with Gasteiger partial charge in [0.05, 0.1) is 5.56 Å². The molecule has 142 valence electrons. The summed E-state index contributed by atoms with van der Waals surface area (Å²) in [6.07, 6.45) is 1.11. The molecule has 1 atom stereocenters. The van der Waals surface area contributed by atoms with Crippen molar-refractivity contribution in [2.45, 2.75) is 39.7 Å². The molecule has 0 radical (unpaired) electrons. The Hall–Kier alpha value is -3.14. The molecule has 1 unspecified atom stereocenters. The summed E-state index contributed by atoms with van der Waals surface area (Å²) < 4.78 is 5.51. The standard InChI is InChI=1S/C24H23NO3/c1-14-6-4-7-15(2)22(14)25-23(26)16(3)28-24(27)20-13-12-18-11-10-17-8-5-9-19(20)21(17)18/h4-9,12-13,16H,10-11H2,1-3H3,(H,25,26). The number of ether oxygens (including phenoxy) is 1. The summed E-state index contributed by atoms with van der Waals surface area (Å²) in [4.78, 5) is 25.4. The average molecular weight is 373 g/mol. The van der Waals surface area contributed by atoms with E-state index < -0.39 is 12.1 Å². The van der Waals surface area contributed by atoms with Gasteiger partial charge in [-0.05, 0) is 72.7 Å². The van der Waals surface area contributed by atoms with Crippen LogP contribution >= 0.6 is 0 Å². The topological polar surface area (TPSA) is 55.4 Å². The Morgan fingerprint density at radius 1 is 0.929 bits per heavy atom. The maximum absolute atomic E-state index is 12.8. The van der Waals surface area contributed by atoms with Crippen LogP contribution in [0.2, 0.25) is 0 Å². The first kappa shape index (κ1) is 18.2. The Bertz CT molecular complexity index is 1070. The first-order chi connectivity index (χ1) is 13.5. The molecule has 0 fully saturated rings. The van der Waals surface area contributed by atoms with Crippen LogP contribution in [0.5, 0.6) is 0 Å². The number of aryl methyl sites for hydroxylation is 4. The second kappa shape index (κ2) is 7.12. The number of carbonyl (C=O) groups is 2. The van der Waals surface area contributed by atoms with E-state index in [1.165, 1.54) is 11.1 Å². The third-order valence-corrected chi connectivity index (χ3v) is 5.48. The number of anilines is 1. The summed E-state index contributed by atoms with van der Waals surface area (Å²) in [5.74, 6) is -0.809. The van der Waals surface area contributed by atoms with Crippen LogP contribution in [0.15, 0.2) is 48.5 Å². The molecule has 1 amide bonds. The Kier molecular flexibility index (Phi) is 4.63. The van der Waals surface area contributed by atoms with Crippen molar-refractivity contribution in [1.82, 2.24) is 0 Å². The molecule has 0 bridgehead atoms. The molecule has 0 saturated carbocycles. The molecule has 28 heavy (non-hydrogen) atoms. The summed E-state index contributed by atoms with van der Waals surface area (Å²) in [6.45, 7) is 5.47. The molecule has 3 aromatic rings. The van der Waals surface area contributed by atoms with Crippen LogP contribution in [-0.2, 0) is 22.4 Å². The van der Waals surface area contributed by atoms with E-state index in [1.807, 2.05) is 56.3 Å².